The Morgan fingerprint density at radius 2 is 1.77 bits per heavy atom. The molecule has 0 aliphatic carbocycles. The van der Waals surface area contributed by atoms with Gasteiger partial charge < -0.3 is 0 Å². The van der Waals surface area contributed by atoms with Crippen LogP contribution in [0.3, 0.4) is 0 Å². The quantitative estimate of drug-likeness (QED) is 0.549. The van der Waals surface area contributed by atoms with Crippen molar-refractivity contribution in [2.45, 2.75) is 32.2 Å². The van der Waals surface area contributed by atoms with Crippen molar-refractivity contribution in [1.29, 1.82) is 0 Å². The van der Waals surface area contributed by atoms with Crippen LogP contribution in [0.4, 0.5) is 0 Å². The fraction of sp³-hybridized carbons (Fsp3) is 0.667. The van der Waals surface area contributed by atoms with E-state index in [2.05, 4.69) is 30.6 Å². The Hall–Kier alpha value is -0.920. The Labute approximate surface area is 81.5 Å². The third kappa shape index (κ3) is 2.27. The van der Waals surface area contributed by atoms with E-state index in [1.54, 1.807) is 0 Å². The van der Waals surface area contributed by atoms with Crippen LogP contribution in [0.2, 0.25) is 0 Å². The summed E-state index contributed by atoms with van der Waals surface area (Å²) in [5.74, 6) is 6.10. The lowest BCUT2D eigenvalue weighted by molar-refractivity contribution is 0.125. The van der Waals surface area contributed by atoms with Crippen molar-refractivity contribution in [2.24, 2.45) is 5.92 Å². The van der Waals surface area contributed by atoms with Gasteiger partial charge in [-0.15, -0.1) is 18.8 Å². The Kier molecular flexibility index (Phi) is 3.02. The summed E-state index contributed by atoms with van der Waals surface area (Å²) in [6.07, 6.45) is 13.0. The first-order valence-corrected chi connectivity index (χ1v) is 4.79. The van der Waals surface area contributed by atoms with Gasteiger partial charge in [0.25, 0.3) is 0 Å². The molecule has 0 aromatic rings. The zero-order valence-corrected chi connectivity index (χ0v) is 8.51. The number of terminal acetylenes is 2. The summed E-state index contributed by atoms with van der Waals surface area (Å²) in [5, 5.41) is 0. The highest BCUT2D eigenvalue weighted by Gasteiger charge is 2.27. The van der Waals surface area contributed by atoms with E-state index in [0.717, 1.165) is 25.9 Å². The van der Waals surface area contributed by atoms with E-state index in [-0.39, 0.29) is 5.54 Å². The molecule has 0 amide bonds. The molecule has 0 saturated carbocycles. The van der Waals surface area contributed by atoms with Gasteiger partial charge in [-0.25, -0.2) is 0 Å². The van der Waals surface area contributed by atoms with Crippen LogP contribution in [0, 0.1) is 30.6 Å². The van der Waals surface area contributed by atoms with Crippen LogP contribution in [-0.2, 0) is 0 Å². The van der Waals surface area contributed by atoms with Gasteiger partial charge in [-0.3, -0.25) is 4.90 Å². The molecule has 0 aromatic carbocycles. The maximum absolute atomic E-state index is 5.47. The zero-order valence-electron chi connectivity index (χ0n) is 8.51. The number of nitrogens with zero attached hydrogens (tertiary/aromatic N) is 1. The third-order valence-corrected chi connectivity index (χ3v) is 2.87. The highest BCUT2D eigenvalue weighted by atomic mass is 15.2. The molecule has 0 atom stereocenters. The van der Waals surface area contributed by atoms with E-state index in [9.17, 15) is 0 Å². The van der Waals surface area contributed by atoms with Crippen molar-refractivity contribution in [3.05, 3.63) is 0 Å². The first-order valence-electron chi connectivity index (χ1n) is 4.79. The summed E-state index contributed by atoms with van der Waals surface area (Å²) >= 11 is 0. The molecule has 0 bridgehead atoms. The third-order valence-electron chi connectivity index (χ3n) is 2.87. The van der Waals surface area contributed by atoms with Crippen molar-refractivity contribution in [3.63, 3.8) is 0 Å². The minimum atomic E-state index is -0.112. The van der Waals surface area contributed by atoms with Crippen LogP contribution in [0.1, 0.15) is 26.7 Å². The normalized spacial score (nSPS) is 20.6. The fourth-order valence-corrected chi connectivity index (χ4v) is 1.70. The highest BCUT2D eigenvalue weighted by Crippen LogP contribution is 2.22. The average Bonchev–Trinajstić information content (AvgIpc) is 2.18. The molecular weight excluding hydrogens is 158 g/mol. The van der Waals surface area contributed by atoms with Crippen LogP contribution >= 0.6 is 0 Å². The van der Waals surface area contributed by atoms with Gasteiger partial charge in [-0.05, 0) is 26.7 Å². The predicted octanol–water partition coefficient (Wildman–Crippen LogP) is 1.74. The average molecular weight is 175 g/mol. The standard InChI is InChI=1S/C12H17N/c1-5-11-7-9-13(10-8-11)12(3,4)6-2/h1-2,11H,7-10H2,3-4H3. The molecule has 1 nitrogen and oxygen atoms in total. The molecule has 0 N–H and O–H groups in total. The predicted molar refractivity (Wildman–Crippen MR) is 56.0 cm³/mol. The first-order chi connectivity index (χ1) is 6.10. The van der Waals surface area contributed by atoms with Crippen LogP contribution in [0.25, 0.3) is 0 Å². The van der Waals surface area contributed by atoms with Crippen molar-refractivity contribution in [1.82, 2.24) is 4.90 Å². The van der Waals surface area contributed by atoms with Crippen LogP contribution in [0.15, 0.2) is 0 Å². The molecule has 13 heavy (non-hydrogen) atoms. The second-order valence-corrected chi connectivity index (χ2v) is 4.13. The topological polar surface area (TPSA) is 3.24 Å². The molecule has 1 aliphatic heterocycles. The SMILES string of the molecule is C#CC1CCN(C(C)(C)C#C)CC1. The largest absolute Gasteiger partial charge is 0.288 e. The van der Waals surface area contributed by atoms with E-state index in [4.69, 9.17) is 12.8 Å². The smallest absolute Gasteiger partial charge is 0.0766 e. The number of hydrogen-bond donors (Lipinski definition) is 0. The second kappa shape index (κ2) is 3.86. The molecule has 0 aromatic heterocycles. The summed E-state index contributed by atoms with van der Waals surface area (Å²) in [4.78, 5) is 2.33. The number of piperidine rings is 1. The molecule has 1 heteroatoms. The Morgan fingerprint density at radius 3 is 2.15 bits per heavy atom. The van der Waals surface area contributed by atoms with Crippen molar-refractivity contribution < 1.29 is 0 Å². The van der Waals surface area contributed by atoms with E-state index in [0.29, 0.717) is 5.92 Å². The van der Waals surface area contributed by atoms with Crippen molar-refractivity contribution in [3.8, 4) is 24.7 Å². The van der Waals surface area contributed by atoms with E-state index < -0.39 is 0 Å². The summed E-state index contributed by atoms with van der Waals surface area (Å²) < 4.78 is 0. The van der Waals surface area contributed by atoms with Crippen LogP contribution in [0.5, 0.6) is 0 Å². The van der Waals surface area contributed by atoms with Crippen LogP contribution in [-0.4, -0.2) is 23.5 Å². The summed E-state index contributed by atoms with van der Waals surface area (Å²) in [6.45, 7) is 6.24. The number of likely N-dealkylation sites (tertiary alicyclic amines) is 1. The summed E-state index contributed by atoms with van der Waals surface area (Å²) in [6, 6.07) is 0. The second-order valence-electron chi connectivity index (χ2n) is 4.13. The molecule has 0 unspecified atom stereocenters. The molecule has 1 saturated heterocycles. The van der Waals surface area contributed by atoms with Crippen molar-refractivity contribution >= 4 is 0 Å². The molecule has 0 radical (unpaired) electrons. The van der Waals surface area contributed by atoms with E-state index in [1.165, 1.54) is 0 Å². The van der Waals surface area contributed by atoms with Gasteiger partial charge in [-0.2, -0.15) is 0 Å². The lowest BCUT2D eigenvalue weighted by atomic mass is 9.93. The first kappa shape index (κ1) is 10.2. The highest BCUT2D eigenvalue weighted by molar-refractivity contribution is 5.10. The van der Waals surface area contributed by atoms with Gasteiger partial charge in [0, 0.05) is 19.0 Å². The maximum atomic E-state index is 5.47. The van der Waals surface area contributed by atoms with E-state index >= 15 is 0 Å². The van der Waals surface area contributed by atoms with Gasteiger partial charge in [0.1, 0.15) is 0 Å². The molecule has 70 valence electrons. The van der Waals surface area contributed by atoms with Gasteiger partial charge in [-0.1, -0.05) is 5.92 Å². The fourth-order valence-electron chi connectivity index (χ4n) is 1.70. The molecule has 0 spiro atoms. The molecule has 1 aliphatic rings. The van der Waals surface area contributed by atoms with Gasteiger partial charge in [0.2, 0.25) is 0 Å². The van der Waals surface area contributed by atoms with Crippen molar-refractivity contribution in [2.75, 3.05) is 13.1 Å². The Bertz CT molecular complexity index is 243. The maximum Gasteiger partial charge on any atom is 0.0766 e. The molecular formula is C12H17N. The van der Waals surface area contributed by atoms with E-state index in [1.807, 2.05) is 0 Å². The Morgan fingerprint density at radius 1 is 1.23 bits per heavy atom. The summed E-state index contributed by atoms with van der Waals surface area (Å²) in [5.41, 5.74) is -0.112. The van der Waals surface area contributed by atoms with Gasteiger partial charge in [0.15, 0.2) is 0 Å². The molecule has 1 fully saturated rings. The number of rotatable bonds is 1. The van der Waals surface area contributed by atoms with Gasteiger partial charge in [0.05, 0.1) is 5.54 Å². The monoisotopic (exact) mass is 175 g/mol. The van der Waals surface area contributed by atoms with Crippen LogP contribution < -0.4 is 0 Å². The minimum Gasteiger partial charge on any atom is -0.288 e. The lowest BCUT2D eigenvalue weighted by Crippen LogP contribution is -2.47. The zero-order chi connectivity index (χ0) is 9.90. The minimum absolute atomic E-state index is 0.112. The summed E-state index contributed by atoms with van der Waals surface area (Å²) in [7, 11) is 0. The lowest BCUT2D eigenvalue weighted by Gasteiger charge is -2.38. The molecule has 1 rings (SSSR count). The van der Waals surface area contributed by atoms with Gasteiger partial charge >= 0.3 is 0 Å². The molecule has 1 heterocycles. The number of hydrogen-bond acceptors (Lipinski definition) is 1. The Balaban J connectivity index is 2.52.